The maximum atomic E-state index is 13.0. The van der Waals surface area contributed by atoms with Crippen LogP contribution < -0.4 is 5.32 Å². The summed E-state index contributed by atoms with van der Waals surface area (Å²) in [5, 5.41) is 1.96. The third-order valence-corrected chi connectivity index (χ3v) is 9.50. The fourth-order valence-corrected chi connectivity index (χ4v) is 6.46. The van der Waals surface area contributed by atoms with Crippen LogP contribution in [-0.2, 0) is 37.2 Å². The summed E-state index contributed by atoms with van der Waals surface area (Å²) >= 11 is -2.58. The molecule has 13 heteroatoms. The molecule has 1 aliphatic rings. The molecule has 4 rings (SSSR count). The van der Waals surface area contributed by atoms with Gasteiger partial charge in [-0.05, 0) is 57.1 Å². The van der Waals surface area contributed by atoms with Crippen molar-refractivity contribution in [2.24, 2.45) is 0 Å². The van der Waals surface area contributed by atoms with Gasteiger partial charge in [-0.1, -0.05) is 36.2 Å². The number of sulfone groups is 1. The number of aromatic nitrogens is 1. The van der Waals surface area contributed by atoms with Crippen LogP contribution in [0.25, 0.3) is 22.4 Å². The lowest BCUT2D eigenvalue weighted by Gasteiger charge is -2.25. The molecule has 1 amide bonds. The molecule has 1 N–H and O–H groups in total. The van der Waals surface area contributed by atoms with Gasteiger partial charge in [0.15, 0.2) is 15.1 Å². The molecule has 11 nitrogen and oxygen atoms in total. The summed E-state index contributed by atoms with van der Waals surface area (Å²) in [5.74, 6) is -0.509. The first-order valence-corrected chi connectivity index (χ1v) is 16.9. The highest BCUT2D eigenvalue weighted by atomic mass is 32.2. The van der Waals surface area contributed by atoms with Gasteiger partial charge in [-0.15, -0.1) is 0 Å². The number of unbranched alkanes of at least 4 members (excludes halogenated alkanes) is 1. The van der Waals surface area contributed by atoms with E-state index in [0.717, 1.165) is 35.8 Å². The maximum Gasteiger partial charge on any atom is 0.324 e. The van der Waals surface area contributed by atoms with E-state index in [1.54, 1.807) is 14.0 Å². The Bertz CT molecular complexity index is 1580. The zero-order valence-corrected chi connectivity index (χ0v) is 25.8. The molecular formula is C29H36N3O8S2-. The van der Waals surface area contributed by atoms with Gasteiger partial charge in [0, 0.05) is 36.7 Å². The lowest BCUT2D eigenvalue weighted by molar-refractivity contribution is -0.142. The van der Waals surface area contributed by atoms with Gasteiger partial charge >= 0.3 is 5.97 Å². The van der Waals surface area contributed by atoms with E-state index >= 15 is 0 Å². The molecule has 0 bridgehead atoms. The molecule has 1 aliphatic carbocycles. The van der Waals surface area contributed by atoms with Gasteiger partial charge in [0.05, 0.1) is 29.8 Å². The highest BCUT2D eigenvalue weighted by Gasteiger charge is 2.32. The number of nitrogens with one attached hydrogen (secondary N) is 1. The first kappa shape index (κ1) is 31.8. The number of nitrogens with zero attached hydrogens (tertiary/aromatic N) is 2. The fraction of sp³-hybridized carbons (Fsp3) is 0.483. The zero-order valence-electron chi connectivity index (χ0n) is 24.2. The Labute approximate surface area is 248 Å². The van der Waals surface area contributed by atoms with Crippen molar-refractivity contribution in [3.05, 3.63) is 52.7 Å². The third-order valence-electron chi connectivity index (χ3n) is 7.31. The number of aryl methyl sites for hydroxylation is 1. The quantitative estimate of drug-likeness (QED) is 0.161. The summed E-state index contributed by atoms with van der Waals surface area (Å²) in [6, 6.07) is 9.50. The van der Waals surface area contributed by atoms with E-state index < -0.39 is 32.3 Å². The van der Waals surface area contributed by atoms with Crippen LogP contribution in [0, 0.1) is 6.92 Å². The number of ether oxygens (including phenoxy) is 1. The van der Waals surface area contributed by atoms with Gasteiger partial charge in [-0.2, -0.15) is 0 Å². The average Bonchev–Trinajstić information content (AvgIpc) is 3.71. The fourth-order valence-electron chi connectivity index (χ4n) is 4.94. The maximum absolute atomic E-state index is 13.0. The van der Waals surface area contributed by atoms with Gasteiger partial charge in [-0.3, -0.25) is 13.8 Å². The number of hydrogen-bond acceptors (Lipinski definition) is 9. The molecule has 1 saturated carbocycles. The second kappa shape index (κ2) is 13.4. The SMILES string of the molecule is CCOC(=O)C(CCCCN(Cc1nc2oc(-c3ccc(C)cc3)c(C(=O)NC)c2cc1C1CC1)S(=O)[O-])S(C)(=O)=O. The summed E-state index contributed by atoms with van der Waals surface area (Å²) in [4.78, 5) is 29.8. The number of fused-ring (bicyclic) bond motifs is 1. The topological polar surface area (TPSA) is 159 Å². The van der Waals surface area contributed by atoms with E-state index in [4.69, 9.17) is 14.1 Å². The van der Waals surface area contributed by atoms with Crippen molar-refractivity contribution in [2.75, 3.05) is 26.5 Å². The first-order chi connectivity index (χ1) is 19.9. The molecule has 2 unspecified atom stereocenters. The zero-order chi connectivity index (χ0) is 30.6. The van der Waals surface area contributed by atoms with Crippen LogP contribution in [0.4, 0.5) is 0 Å². The standard InChI is InChI=1S/C29H37N3O8S2/c1-5-39-29(34)24(42(4,37)38)8-6-7-15-32(41(35)36)17-23-21(19-13-14-19)16-22-25(27(33)30-3)26(40-28(22)31-23)20-11-9-18(2)10-12-20/h9-12,16,19,24H,5-8,13-15,17H2,1-4H3,(H,30,33)(H,35,36)/p-1. The second-order valence-electron chi connectivity index (χ2n) is 10.5. The van der Waals surface area contributed by atoms with Crippen LogP contribution in [0.1, 0.15) is 72.1 Å². The molecule has 228 valence electrons. The second-order valence-corrected chi connectivity index (χ2v) is 13.7. The predicted molar refractivity (Wildman–Crippen MR) is 158 cm³/mol. The number of hydrogen-bond donors (Lipinski definition) is 1. The lowest BCUT2D eigenvalue weighted by atomic mass is 10.0. The Balaban J connectivity index is 1.60. The number of benzene rings is 1. The largest absolute Gasteiger partial charge is 0.760 e. The summed E-state index contributed by atoms with van der Waals surface area (Å²) in [6.07, 6.45) is 3.52. The molecule has 0 saturated heterocycles. The molecule has 1 fully saturated rings. The van der Waals surface area contributed by atoms with Crippen LogP contribution in [-0.4, -0.2) is 70.1 Å². The number of furan rings is 1. The number of carbonyl (C=O) groups is 2. The molecule has 0 aliphatic heterocycles. The average molecular weight is 619 g/mol. The van der Waals surface area contributed by atoms with Crippen molar-refractivity contribution in [3.63, 3.8) is 0 Å². The molecule has 0 spiro atoms. The van der Waals surface area contributed by atoms with E-state index in [0.29, 0.717) is 35.2 Å². The van der Waals surface area contributed by atoms with Gasteiger partial charge < -0.3 is 19.0 Å². The van der Waals surface area contributed by atoms with Gasteiger partial charge in [0.2, 0.25) is 5.71 Å². The van der Waals surface area contributed by atoms with E-state index in [1.807, 2.05) is 37.3 Å². The van der Waals surface area contributed by atoms with Crippen molar-refractivity contribution < 1.29 is 35.9 Å². The van der Waals surface area contributed by atoms with Crippen LogP contribution in [0.3, 0.4) is 0 Å². The van der Waals surface area contributed by atoms with Crippen molar-refractivity contribution in [3.8, 4) is 11.3 Å². The van der Waals surface area contributed by atoms with E-state index in [1.165, 1.54) is 4.31 Å². The van der Waals surface area contributed by atoms with Crippen molar-refractivity contribution in [1.29, 1.82) is 0 Å². The Hall–Kier alpha value is -3.13. The molecular weight excluding hydrogens is 582 g/mol. The summed E-state index contributed by atoms with van der Waals surface area (Å²) in [7, 11) is -2.12. The minimum atomic E-state index is -3.67. The Morgan fingerprint density at radius 3 is 2.50 bits per heavy atom. The van der Waals surface area contributed by atoms with Crippen LogP contribution in [0.15, 0.2) is 34.7 Å². The smallest absolute Gasteiger partial charge is 0.324 e. The molecule has 2 aromatic heterocycles. The normalized spacial score (nSPS) is 15.1. The highest BCUT2D eigenvalue weighted by Crippen LogP contribution is 2.44. The van der Waals surface area contributed by atoms with E-state index in [9.17, 15) is 26.8 Å². The van der Waals surface area contributed by atoms with Gasteiger partial charge in [-0.25, -0.2) is 17.7 Å². The lowest BCUT2D eigenvalue weighted by Crippen LogP contribution is -2.32. The Kier molecular flexibility index (Phi) is 10.2. The molecule has 3 aromatic rings. The molecule has 2 atom stereocenters. The summed E-state index contributed by atoms with van der Waals surface area (Å²) in [5.41, 5.74) is 3.82. The number of pyridine rings is 1. The Morgan fingerprint density at radius 2 is 1.93 bits per heavy atom. The van der Waals surface area contributed by atoms with Crippen molar-refractivity contribution in [1.82, 2.24) is 14.6 Å². The number of carbonyl (C=O) groups excluding carboxylic acids is 2. The third kappa shape index (κ3) is 7.44. The van der Waals surface area contributed by atoms with Crippen molar-refractivity contribution in [2.45, 2.75) is 63.7 Å². The molecule has 0 radical (unpaired) electrons. The predicted octanol–water partition coefficient (Wildman–Crippen LogP) is 3.78. The van der Waals surface area contributed by atoms with Gasteiger partial charge in [0.25, 0.3) is 5.91 Å². The van der Waals surface area contributed by atoms with Crippen LogP contribution in [0.5, 0.6) is 0 Å². The van der Waals surface area contributed by atoms with Gasteiger partial charge in [0.1, 0.15) is 5.76 Å². The molecule has 2 heterocycles. The van der Waals surface area contributed by atoms with E-state index in [-0.39, 0.29) is 43.7 Å². The van der Waals surface area contributed by atoms with Crippen molar-refractivity contribution >= 4 is 44.1 Å². The van der Waals surface area contributed by atoms with E-state index in [2.05, 4.69) is 5.32 Å². The highest BCUT2D eigenvalue weighted by molar-refractivity contribution is 7.92. The van der Waals surface area contributed by atoms with Crippen LogP contribution >= 0.6 is 0 Å². The summed E-state index contributed by atoms with van der Waals surface area (Å²) < 4.78 is 60.8. The monoisotopic (exact) mass is 618 g/mol. The summed E-state index contributed by atoms with van der Waals surface area (Å²) in [6.45, 7) is 3.73. The molecule has 42 heavy (non-hydrogen) atoms. The van der Waals surface area contributed by atoms with Crippen LogP contribution in [0.2, 0.25) is 0 Å². The Morgan fingerprint density at radius 1 is 1.24 bits per heavy atom. The number of rotatable bonds is 14. The molecule has 1 aromatic carbocycles. The first-order valence-electron chi connectivity index (χ1n) is 13.9. The number of amides is 1. The number of esters is 1. The minimum absolute atomic E-state index is 0.0128. The minimum Gasteiger partial charge on any atom is -0.760 e.